The second kappa shape index (κ2) is 7.65. The number of ether oxygens (including phenoxy) is 2. The predicted molar refractivity (Wildman–Crippen MR) is 101 cm³/mol. The summed E-state index contributed by atoms with van der Waals surface area (Å²) in [4.78, 5) is 28.4. The van der Waals surface area contributed by atoms with Gasteiger partial charge in [0.2, 0.25) is 5.82 Å². The fourth-order valence-electron chi connectivity index (χ4n) is 2.80. The number of carbonyl (C=O) groups excluding carboxylic acids is 2. The van der Waals surface area contributed by atoms with Gasteiger partial charge in [-0.25, -0.2) is 4.79 Å². The fourth-order valence-corrected chi connectivity index (χ4v) is 3.43. The number of hydrogen-bond acceptors (Lipinski definition) is 8. The summed E-state index contributed by atoms with van der Waals surface area (Å²) in [6, 6.07) is 9.14. The van der Waals surface area contributed by atoms with Gasteiger partial charge in [0, 0.05) is 28.0 Å². The molecule has 0 amide bonds. The molecule has 0 radical (unpaired) electrons. The van der Waals surface area contributed by atoms with Crippen LogP contribution in [0.25, 0.3) is 22.3 Å². The molecule has 28 heavy (non-hydrogen) atoms. The fraction of sp³-hybridized carbons (Fsp3) is 0.158. The number of benzene rings is 1. The predicted octanol–water partition coefficient (Wildman–Crippen LogP) is 3.28. The average molecular weight is 397 g/mol. The Morgan fingerprint density at radius 2 is 2.11 bits per heavy atom. The minimum absolute atomic E-state index is 0.0664. The van der Waals surface area contributed by atoms with E-state index in [2.05, 4.69) is 10.1 Å². The highest BCUT2D eigenvalue weighted by Crippen LogP contribution is 2.22. The molecule has 3 heterocycles. The second-order valence-electron chi connectivity index (χ2n) is 5.86. The van der Waals surface area contributed by atoms with Gasteiger partial charge in [-0.15, -0.1) is 0 Å². The van der Waals surface area contributed by atoms with Crippen LogP contribution >= 0.6 is 11.3 Å². The lowest BCUT2D eigenvalue weighted by molar-refractivity contribution is -0.146. The largest absolute Gasteiger partial charge is 0.465 e. The highest BCUT2D eigenvalue weighted by atomic mass is 32.1. The highest BCUT2D eigenvalue weighted by molar-refractivity contribution is 7.08. The Kier molecular flexibility index (Phi) is 4.90. The van der Waals surface area contributed by atoms with Crippen LogP contribution < -0.4 is 0 Å². The minimum atomic E-state index is -0.493. The highest BCUT2D eigenvalue weighted by Gasteiger charge is 2.17. The molecule has 0 atom stereocenters. The van der Waals surface area contributed by atoms with E-state index in [9.17, 15) is 9.59 Å². The first kappa shape index (κ1) is 17.9. The van der Waals surface area contributed by atoms with E-state index in [1.54, 1.807) is 16.8 Å². The molecule has 0 bridgehead atoms. The van der Waals surface area contributed by atoms with Crippen LogP contribution in [-0.4, -0.2) is 33.8 Å². The maximum Gasteiger partial charge on any atom is 0.340 e. The molecular formula is C19H15N3O5S. The summed E-state index contributed by atoms with van der Waals surface area (Å²) in [6.07, 6.45) is 1.58. The topological polar surface area (TPSA) is 96.5 Å². The standard InChI is InChI=1S/C19H15N3O5S/c1-25-19(24)14-8-22(15-5-3-2-4-13(14)15)9-17(23)26-10-16-20-18(21-27-16)12-6-7-28-11-12/h2-8,11H,9-10H2,1H3. The maximum atomic E-state index is 12.3. The Hall–Kier alpha value is -3.46. The lowest BCUT2D eigenvalue weighted by Gasteiger charge is -2.05. The molecule has 0 unspecified atom stereocenters. The van der Waals surface area contributed by atoms with Gasteiger partial charge in [0.1, 0.15) is 6.54 Å². The molecule has 0 fully saturated rings. The summed E-state index contributed by atoms with van der Waals surface area (Å²) in [5, 5.41) is 8.39. The number of rotatable bonds is 6. The van der Waals surface area contributed by atoms with E-state index in [1.165, 1.54) is 18.4 Å². The van der Waals surface area contributed by atoms with E-state index < -0.39 is 11.9 Å². The maximum absolute atomic E-state index is 12.3. The van der Waals surface area contributed by atoms with Crippen LogP contribution in [0.2, 0.25) is 0 Å². The molecule has 0 aliphatic heterocycles. The van der Waals surface area contributed by atoms with Crippen LogP contribution in [0.15, 0.2) is 51.8 Å². The number of esters is 2. The van der Waals surface area contributed by atoms with Crippen molar-refractivity contribution in [2.24, 2.45) is 0 Å². The van der Waals surface area contributed by atoms with Crippen molar-refractivity contribution in [3.63, 3.8) is 0 Å². The third kappa shape index (κ3) is 3.52. The zero-order valence-electron chi connectivity index (χ0n) is 14.8. The first-order chi connectivity index (χ1) is 13.7. The van der Waals surface area contributed by atoms with Gasteiger partial charge in [-0.1, -0.05) is 23.4 Å². The van der Waals surface area contributed by atoms with Gasteiger partial charge < -0.3 is 18.6 Å². The molecule has 8 nitrogen and oxygen atoms in total. The van der Waals surface area contributed by atoms with Crippen LogP contribution in [0, 0.1) is 0 Å². The molecule has 9 heteroatoms. The summed E-state index contributed by atoms with van der Waals surface area (Å²) >= 11 is 1.53. The molecule has 3 aromatic heterocycles. The van der Waals surface area contributed by atoms with Gasteiger partial charge in [0.15, 0.2) is 6.61 Å². The first-order valence-electron chi connectivity index (χ1n) is 8.32. The Labute approximate surface area is 163 Å². The molecule has 0 saturated carbocycles. The van der Waals surface area contributed by atoms with Crippen molar-refractivity contribution in [3.05, 3.63) is 58.7 Å². The van der Waals surface area contributed by atoms with Crippen molar-refractivity contribution in [3.8, 4) is 11.4 Å². The van der Waals surface area contributed by atoms with Crippen molar-refractivity contribution >= 4 is 34.2 Å². The number of methoxy groups -OCH3 is 1. The zero-order valence-corrected chi connectivity index (χ0v) is 15.6. The van der Waals surface area contributed by atoms with Crippen molar-refractivity contribution in [2.45, 2.75) is 13.2 Å². The Morgan fingerprint density at radius 1 is 1.25 bits per heavy atom. The Morgan fingerprint density at radius 3 is 2.89 bits per heavy atom. The first-order valence-corrected chi connectivity index (χ1v) is 9.27. The van der Waals surface area contributed by atoms with Crippen LogP contribution in [0.5, 0.6) is 0 Å². The van der Waals surface area contributed by atoms with Gasteiger partial charge in [0.05, 0.1) is 12.7 Å². The number of carbonyl (C=O) groups is 2. The Bertz CT molecular complexity index is 1130. The van der Waals surface area contributed by atoms with Crippen molar-refractivity contribution in [2.75, 3.05) is 7.11 Å². The van der Waals surface area contributed by atoms with E-state index >= 15 is 0 Å². The van der Waals surface area contributed by atoms with E-state index in [0.717, 1.165) is 11.1 Å². The van der Waals surface area contributed by atoms with E-state index in [4.69, 9.17) is 14.0 Å². The number of hydrogen-bond donors (Lipinski definition) is 0. The minimum Gasteiger partial charge on any atom is -0.465 e. The van der Waals surface area contributed by atoms with Crippen LogP contribution in [0.4, 0.5) is 0 Å². The quantitative estimate of drug-likeness (QED) is 0.461. The molecule has 0 aliphatic rings. The molecule has 4 aromatic rings. The van der Waals surface area contributed by atoms with E-state index in [0.29, 0.717) is 16.8 Å². The van der Waals surface area contributed by atoms with Crippen molar-refractivity contribution in [1.82, 2.24) is 14.7 Å². The zero-order chi connectivity index (χ0) is 19.5. The van der Waals surface area contributed by atoms with Crippen LogP contribution in [-0.2, 0) is 27.4 Å². The SMILES string of the molecule is COC(=O)c1cn(CC(=O)OCc2nc(-c3ccsc3)no2)c2ccccc12. The lowest BCUT2D eigenvalue weighted by Crippen LogP contribution is -2.13. The van der Waals surface area contributed by atoms with Crippen LogP contribution in [0.3, 0.4) is 0 Å². The molecular weight excluding hydrogens is 382 g/mol. The summed E-state index contributed by atoms with van der Waals surface area (Å²) in [7, 11) is 1.32. The monoisotopic (exact) mass is 397 g/mol. The number of nitrogens with zero attached hydrogens (tertiary/aromatic N) is 3. The third-order valence-corrected chi connectivity index (χ3v) is 4.78. The van der Waals surface area contributed by atoms with E-state index in [-0.39, 0.29) is 19.0 Å². The molecule has 1 aromatic carbocycles. The summed E-state index contributed by atoms with van der Waals surface area (Å²) in [6.45, 7) is -0.192. The smallest absolute Gasteiger partial charge is 0.340 e. The van der Waals surface area contributed by atoms with E-state index in [1.807, 2.05) is 35.0 Å². The third-order valence-electron chi connectivity index (χ3n) is 4.10. The summed E-state index contributed by atoms with van der Waals surface area (Å²) in [5.41, 5.74) is 1.97. The molecule has 0 aliphatic carbocycles. The molecule has 0 spiro atoms. The van der Waals surface area contributed by atoms with Gasteiger partial charge in [-0.05, 0) is 17.5 Å². The molecule has 0 saturated heterocycles. The number of para-hydroxylation sites is 1. The molecule has 4 rings (SSSR count). The van der Waals surface area contributed by atoms with Crippen molar-refractivity contribution in [1.29, 1.82) is 0 Å². The lowest BCUT2D eigenvalue weighted by atomic mass is 10.2. The molecule has 142 valence electrons. The van der Waals surface area contributed by atoms with Crippen molar-refractivity contribution < 1.29 is 23.6 Å². The number of thiophene rings is 1. The number of aromatic nitrogens is 3. The number of fused-ring (bicyclic) bond motifs is 1. The second-order valence-corrected chi connectivity index (χ2v) is 6.64. The Balaban J connectivity index is 1.45. The summed E-state index contributed by atoms with van der Waals surface area (Å²) < 4.78 is 16.8. The normalized spacial score (nSPS) is 10.9. The van der Waals surface area contributed by atoms with Crippen LogP contribution in [0.1, 0.15) is 16.2 Å². The van der Waals surface area contributed by atoms with Gasteiger partial charge >= 0.3 is 11.9 Å². The van der Waals surface area contributed by atoms with Gasteiger partial charge in [-0.3, -0.25) is 4.79 Å². The molecule has 0 N–H and O–H groups in total. The average Bonchev–Trinajstić information content (AvgIpc) is 3.46. The van der Waals surface area contributed by atoms with Gasteiger partial charge in [-0.2, -0.15) is 16.3 Å². The van der Waals surface area contributed by atoms with Gasteiger partial charge in [0.25, 0.3) is 5.89 Å². The summed E-state index contributed by atoms with van der Waals surface area (Å²) in [5.74, 6) is -0.295.